The van der Waals surface area contributed by atoms with E-state index in [0.717, 1.165) is 18.5 Å². The Labute approximate surface area is 72.6 Å². The minimum Gasteiger partial charge on any atom is -0.481 e. The molecule has 1 aromatic rings. The Bertz CT molecular complexity index is 288. The number of nitrogens with zero attached hydrogens (tertiary/aromatic N) is 1. The van der Waals surface area contributed by atoms with Crippen molar-refractivity contribution in [3.05, 3.63) is 23.9 Å². The molecule has 0 aliphatic carbocycles. The lowest BCUT2D eigenvalue weighted by Gasteiger charge is -2.00. The topological polar surface area (TPSA) is 22.1 Å². The van der Waals surface area contributed by atoms with E-state index in [1.54, 1.807) is 7.11 Å². The monoisotopic (exact) mass is 161 g/mol. The minimum absolute atomic E-state index is 0.643. The summed E-state index contributed by atoms with van der Waals surface area (Å²) in [4.78, 5) is 4.21. The van der Waals surface area contributed by atoms with Crippen LogP contribution in [0.25, 0.3) is 0 Å². The molecule has 0 bridgehead atoms. The van der Waals surface area contributed by atoms with Gasteiger partial charge in [0.15, 0.2) is 0 Å². The van der Waals surface area contributed by atoms with Crippen molar-refractivity contribution in [2.24, 2.45) is 0 Å². The van der Waals surface area contributed by atoms with Crippen molar-refractivity contribution >= 4 is 0 Å². The number of aryl methyl sites for hydroxylation is 1. The van der Waals surface area contributed by atoms with E-state index in [2.05, 4.69) is 10.9 Å². The largest absolute Gasteiger partial charge is 0.481 e. The molecule has 1 heterocycles. The lowest BCUT2D eigenvalue weighted by atomic mass is 10.2. The van der Waals surface area contributed by atoms with Gasteiger partial charge in [0.1, 0.15) is 0 Å². The van der Waals surface area contributed by atoms with Crippen molar-refractivity contribution in [3.63, 3.8) is 0 Å². The normalized spacial score (nSPS) is 9.00. The summed E-state index contributed by atoms with van der Waals surface area (Å²) in [6, 6.07) is 5.68. The maximum Gasteiger partial charge on any atom is 0.213 e. The molecule has 0 atom stereocenters. The molecule has 0 saturated heterocycles. The van der Waals surface area contributed by atoms with Gasteiger partial charge in [0.2, 0.25) is 5.88 Å². The van der Waals surface area contributed by atoms with Crippen molar-refractivity contribution < 1.29 is 4.74 Å². The van der Waals surface area contributed by atoms with Gasteiger partial charge >= 0.3 is 0 Å². The predicted molar refractivity (Wildman–Crippen MR) is 47.9 cm³/mol. The maximum atomic E-state index is 5.14. The first kappa shape index (κ1) is 8.61. The second kappa shape index (κ2) is 4.40. The van der Waals surface area contributed by atoms with Crippen LogP contribution in [0.2, 0.25) is 0 Å². The van der Waals surface area contributed by atoms with E-state index < -0.39 is 0 Å². The molecule has 0 aliphatic heterocycles. The summed E-state index contributed by atoms with van der Waals surface area (Å²) in [5.74, 6) is 3.22. The van der Waals surface area contributed by atoms with Crippen molar-refractivity contribution in [2.75, 3.05) is 7.11 Å². The fraction of sp³-hybridized carbons (Fsp3) is 0.300. The van der Waals surface area contributed by atoms with Crippen LogP contribution in [0.3, 0.4) is 0 Å². The van der Waals surface area contributed by atoms with Crippen LogP contribution < -0.4 is 4.74 Å². The molecule has 0 N–H and O–H groups in total. The number of hydrogen-bond donors (Lipinski definition) is 0. The van der Waals surface area contributed by atoms with Crippen molar-refractivity contribution in [1.82, 2.24) is 4.98 Å². The van der Waals surface area contributed by atoms with Gasteiger partial charge in [-0.05, 0) is 6.07 Å². The van der Waals surface area contributed by atoms with Gasteiger partial charge in [0.25, 0.3) is 0 Å². The van der Waals surface area contributed by atoms with Gasteiger partial charge < -0.3 is 4.74 Å². The van der Waals surface area contributed by atoms with E-state index in [1.165, 1.54) is 0 Å². The van der Waals surface area contributed by atoms with Gasteiger partial charge in [-0.1, -0.05) is 6.07 Å². The summed E-state index contributed by atoms with van der Waals surface area (Å²) in [6.07, 6.45) is 6.67. The molecule has 0 spiro atoms. The first-order valence-electron chi connectivity index (χ1n) is 3.80. The molecular formula is C10H11NO. The molecule has 0 fully saturated rings. The third-order valence-corrected chi connectivity index (χ3v) is 1.52. The SMILES string of the molecule is C#CCCc1cccc(OC)n1. The standard InChI is InChI=1S/C10H11NO/c1-3-4-6-9-7-5-8-10(11-9)12-2/h1,5,7-8H,4,6H2,2H3. The van der Waals surface area contributed by atoms with Gasteiger partial charge in [-0.25, -0.2) is 4.98 Å². The highest BCUT2D eigenvalue weighted by atomic mass is 16.5. The third kappa shape index (κ3) is 2.28. The van der Waals surface area contributed by atoms with E-state index in [4.69, 9.17) is 11.2 Å². The number of pyridine rings is 1. The zero-order valence-corrected chi connectivity index (χ0v) is 7.08. The van der Waals surface area contributed by atoms with Gasteiger partial charge in [-0.15, -0.1) is 12.3 Å². The Hall–Kier alpha value is -1.49. The number of aromatic nitrogens is 1. The Morgan fingerprint density at radius 1 is 1.58 bits per heavy atom. The Morgan fingerprint density at radius 2 is 2.42 bits per heavy atom. The highest BCUT2D eigenvalue weighted by Gasteiger charge is 1.95. The molecule has 0 unspecified atom stereocenters. The van der Waals surface area contributed by atoms with E-state index in [9.17, 15) is 0 Å². The highest BCUT2D eigenvalue weighted by molar-refractivity contribution is 5.16. The Balaban J connectivity index is 2.67. The molecule has 2 heteroatoms. The first-order chi connectivity index (χ1) is 5.86. The van der Waals surface area contributed by atoms with Crippen LogP contribution in [0.5, 0.6) is 5.88 Å². The molecule has 2 nitrogen and oxygen atoms in total. The molecule has 0 saturated carbocycles. The molecule has 1 aromatic heterocycles. The second-order valence-corrected chi connectivity index (χ2v) is 2.38. The van der Waals surface area contributed by atoms with Gasteiger partial charge in [0.05, 0.1) is 7.11 Å². The molecule has 12 heavy (non-hydrogen) atoms. The number of hydrogen-bond acceptors (Lipinski definition) is 2. The van der Waals surface area contributed by atoms with Crippen molar-refractivity contribution in [2.45, 2.75) is 12.8 Å². The molecule has 1 rings (SSSR count). The van der Waals surface area contributed by atoms with Gasteiger partial charge in [-0.2, -0.15) is 0 Å². The smallest absolute Gasteiger partial charge is 0.213 e. The zero-order valence-electron chi connectivity index (χ0n) is 7.08. The van der Waals surface area contributed by atoms with Crippen LogP contribution >= 0.6 is 0 Å². The average Bonchev–Trinajstić information content (AvgIpc) is 2.15. The van der Waals surface area contributed by atoms with Crippen molar-refractivity contribution in [1.29, 1.82) is 0 Å². The van der Waals surface area contributed by atoms with Gasteiger partial charge in [-0.3, -0.25) is 0 Å². The highest BCUT2D eigenvalue weighted by Crippen LogP contribution is 2.07. The number of terminal acetylenes is 1. The van der Waals surface area contributed by atoms with Crippen LogP contribution in [-0.2, 0) is 6.42 Å². The lowest BCUT2D eigenvalue weighted by molar-refractivity contribution is 0.396. The van der Waals surface area contributed by atoms with Crippen LogP contribution in [0.1, 0.15) is 12.1 Å². The number of rotatable bonds is 3. The van der Waals surface area contributed by atoms with E-state index in [-0.39, 0.29) is 0 Å². The quantitative estimate of drug-likeness (QED) is 0.629. The number of ether oxygens (including phenoxy) is 1. The van der Waals surface area contributed by atoms with Crippen LogP contribution in [0.4, 0.5) is 0 Å². The maximum absolute atomic E-state index is 5.14. The number of methoxy groups -OCH3 is 1. The van der Waals surface area contributed by atoms with Crippen LogP contribution in [-0.4, -0.2) is 12.1 Å². The summed E-state index contributed by atoms with van der Waals surface area (Å²) in [6.45, 7) is 0. The van der Waals surface area contributed by atoms with E-state index in [1.807, 2.05) is 18.2 Å². The molecule has 0 aliphatic rings. The summed E-state index contributed by atoms with van der Waals surface area (Å²) in [5.41, 5.74) is 0.979. The summed E-state index contributed by atoms with van der Waals surface area (Å²) in [5, 5.41) is 0. The fourth-order valence-corrected chi connectivity index (χ4v) is 0.911. The summed E-state index contributed by atoms with van der Waals surface area (Å²) in [7, 11) is 1.60. The summed E-state index contributed by atoms with van der Waals surface area (Å²) < 4.78 is 4.97. The second-order valence-electron chi connectivity index (χ2n) is 2.38. The first-order valence-corrected chi connectivity index (χ1v) is 3.80. The zero-order chi connectivity index (χ0) is 8.81. The lowest BCUT2D eigenvalue weighted by Crippen LogP contribution is -1.92. The Kier molecular flexibility index (Phi) is 3.16. The van der Waals surface area contributed by atoms with Crippen molar-refractivity contribution in [3.8, 4) is 18.2 Å². The molecule has 62 valence electrons. The minimum atomic E-state index is 0.643. The average molecular weight is 161 g/mol. The molecule has 0 amide bonds. The molecular weight excluding hydrogens is 150 g/mol. The van der Waals surface area contributed by atoms with Crippen LogP contribution in [0, 0.1) is 12.3 Å². The summed E-state index contributed by atoms with van der Waals surface area (Å²) >= 11 is 0. The molecule has 0 aromatic carbocycles. The third-order valence-electron chi connectivity index (χ3n) is 1.52. The van der Waals surface area contributed by atoms with Gasteiger partial charge in [0, 0.05) is 24.6 Å². The van der Waals surface area contributed by atoms with E-state index in [0.29, 0.717) is 5.88 Å². The van der Waals surface area contributed by atoms with E-state index >= 15 is 0 Å². The van der Waals surface area contributed by atoms with Crippen LogP contribution in [0.15, 0.2) is 18.2 Å². The fourth-order valence-electron chi connectivity index (χ4n) is 0.911. The molecule has 0 radical (unpaired) electrons. The predicted octanol–water partition coefficient (Wildman–Crippen LogP) is 1.66. The Morgan fingerprint density at radius 3 is 3.08 bits per heavy atom.